The molecule has 8 nitrogen and oxygen atoms in total. The molecule has 82 heavy (non-hydrogen) atoms. The van der Waals surface area contributed by atoms with Gasteiger partial charge < -0.3 is 19.8 Å². The molecule has 0 spiro atoms. The predicted octanol–water partition coefficient (Wildman–Crippen LogP) is 23.2. The van der Waals surface area contributed by atoms with Crippen LogP contribution in [0.4, 0.5) is 0 Å². The lowest BCUT2D eigenvalue weighted by Gasteiger charge is -2.25. The number of likely N-dealkylation sites (N-methyl/N-ethyl adjacent to an activating group) is 1. The first-order chi connectivity index (χ1) is 40.0. The molecular weight excluding hydrogens is 1030 g/mol. The molecule has 0 aromatic carbocycles. The van der Waals surface area contributed by atoms with Crippen molar-refractivity contribution in [1.29, 1.82) is 0 Å². The number of nitrogens with zero attached hydrogens (tertiary/aromatic N) is 1. The lowest BCUT2D eigenvalue weighted by atomic mass is 10.0. The molecule has 9 heteroatoms. The van der Waals surface area contributed by atoms with Crippen molar-refractivity contribution in [2.45, 2.75) is 386 Å². The fraction of sp³-hybridized carbons (Fsp3) is 0.904. The van der Waals surface area contributed by atoms with Crippen LogP contribution in [0.25, 0.3) is 0 Å². The fourth-order valence-electron chi connectivity index (χ4n) is 11.2. The van der Waals surface area contributed by atoms with E-state index in [9.17, 15) is 19.4 Å². The third-order valence-corrected chi connectivity index (χ3v) is 17.8. The van der Waals surface area contributed by atoms with Crippen LogP contribution in [-0.4, -0.2) is 73.4 Å². The zero-order valence-corrected chi connectivity index (χ0v) is 56.7. The van der Waals surface area contributed by atoms with Crippen LogP contribution < -0.4 is 5.32 Å². The first kappa shape index (κ1) is 80.7. The summed E-state index contributed by atoms with van der Waals surface area (Å²) < 4.78 is 23.8. The van der Waals surface area contributed by atoms with Gasteiger partial charge in [-0.15, -0.1) is 0 Å². The van der Waals surface area contributed by atoms with Gasteiger partial charge in [0.2, 0.25) is 5.91 Å². The van der Waals surface area contributed by atoms with Crippen LogP contribution in [0.2, 0.25) is 0 Å². The first-order valence-corrected chi connectivity index (χ1v) is 37.9. The molecule has 0 bridgehead atoms. The number of phosphoric ester groups is 1. The van der Waals surface area contributed by atoms with E-state index in [0.717, 1.165) is 44.9 Å². The molecule has 0 radical (unpaired) electrons. The van der Waals surface area contributed by atoms with Crippen LogP contribution in [0, 0.1) is 0 Å². The Morgan fingerprint density at radius 1 is 0.402 bits per heavy atom. The Hall–Kier alpha value is -1.28. The number of quaternary nitrogens is 1. The second-order valence-electron chi connectivity index (χ2n) is 26.3. The largest absolute Gasteiger partial charge is 0.472 e. The number of aliphatic hydroxyl groups is 1. The maximum atomic E-state index is 13.1. The number of phosphoric acid groups is 1. The van der Waals surface area contributed by atoms with Gasteiger partial charge in [0.05, 0.1) is 39.9 Å². The van der Waals surface area contributed by atoms with Crippen molar-refractivity contribution in [3.05, 3.63) is 36.5 Å². The smallest absolute Gasteiger partial charge is 0.387 e. The minimum absolute atomic E-state index is 0.0554. The summed E-state index contributed by atoms with van der Waals surface area (Å²) in [5.41, 5.74) is 0. The molecule has 0 fully saturated rings. The predicted molar refractivity (Wildman–Crippen MR) is 360 cm³/mol. The van der Waals surface area contributed by atoms with Gasteiger partial charge in [-0.1, -0.05) is 359 Å². The Morgan fingerprint density at radius 3 is 0.976 bits per heavy atom. The summed E-state index contributed by atoms with van der Waals surface area (Å²) in [6.07, 6.45) is 86.1. The van der Waals surface area contributed by atoms with Crippen LogP contribution in [0.1, 0.15) is 373 Å². The molecule has 486 valence electrons. The summed E-state index contributed by atoms with van der Waals surface area (Å²) in [5.74, 6) is -0.183. The average Bonchev–Trinajstić information content (AvgIpc) is 3.47. The van der Waals surface area contributed by atoms with E-state index in [4.69, 9.17) is 9.05 Å². The van der Waals surface area contributed by atoms with Gasteiger partial charge in [0.15, 0.2) is 0 Å². The number of carbonyl (C=O) groups excluding carboxylic acids is 1. The molecule has 3 N–H and O–H groups in total. The molecule has 0 aliphatic heterocycles. The van der Waals surface area contributed by atoms with Gasteiger partial charge >= 0.3 is 7.82 Å². The second-order valence-corrected chi connectivity index (χ2v) is 27.8. The first-order valence-electron chi connectivity index (χ1n) is 36.4. The molecule has 0 aromatic rings. The highest BCUT2D eigenvalue weighted by molar-refractivity contribution is 7.47. The molecule has 0 aliphatic rings. The summed E-state index contributed by atoms with van der Waals surface area (Å²) in [7, 11) is 1.56. The zero-order valence-electron chi connectivity index (χ0n) is 55.8. The SMILES string of the molecule is CCCCCCCCCCCCCCCCC/C=C/CC/C=C/CC/C=C/C(O)C(COP(=O)(O)OCC[N+](C)(C)C)NC(=O)CCCCCCCCCCCCCCCCCCCCCCCCCCCCCCCCCCCCC. The van der Waals surface area contributed by atoms with E-state index >= 15 is 0 Å². The third kappa shape index (κ3) is 66.2. The monoisotopic (exact) mass is 1180 g/mol. The third-order valence-electron chi connectivity index (χ3n) is 16.8. The number of amides is 1. The van der Waals surface area contributed by atoms with E-state index in [1.54, 1.807) is 6.08 Å². The molecule has 0 rings (SSSR count). The van der Waals surface area contributed by atoms with Gasteiger partial charge in [-0.3, -0.25) is 13.8 Å². The second kappa shape index (κ2) is 64.2. The Labute approximate surface area is 512 Å². The van der Waals surface area contributed by atoms with E-state index in [1.807, 2.05) is 27.2 Å². The summed E-state index contributed by atoms with van der Waals surface area (Å²) in [6, 6.07) is -0.869. The molecule has 0 aromatic heterocycles. The van der Waals surface area contributed by atoms with Gasteiger partial charge in [0, 0.05) is 6.42 Å². The van der Waals surface area contributed by atoms with Gasteiger partial charge in [0.25, 0.3) is 0 Å². The zero-order chi connectivity index (χ0) is 59.8. The van der Waals surface area contributed by atoms with Crippen LogP contribution in [0.15, 0.2) is 36.5 Å². The van der Waals surface area contributed by atoms with E-state index in [-0.39, 0.29) is 19.1 Å². The highest BCUT2D eigenvalue weighted by Crippen LogP contribution is 2.43. The van der Waals surface area contributed by atoms with Crippen LogP contribution in [0.3, 0.4) is 0 Å². The van der Waals surface area contributed by atoms with Gasteiger partial charge in [-0.25, -0.2) is 4.57 Å². The summed E-state index contributed by atoms with van der Waals surface area (Å²) in [5, 5.41) is 14.0. The van der Waals surface area contributed by atoms with Gasteiger partial charge in [0.1, 0.15) is 13.2 Å². The maximum Gasteiger partial charge on any atom is 0.472 e. The Bertz CT molecular complexity index is 1430. The Kier molecular flexibility index (Phi) is 63.2. The summed E-state index contributed by atoms with van der Waals surface area (Å²) >= 11 is 0. The molecule has 0 saturated heterocycles. The lowest BCUT2D eigenvalue weighted by Crippen LogP contribution is -2.45. The molecule has 0 saturated carbocycles. The van der Waals surface area contributed by atoms with Crippen molar-refractivity contribution in [3.8, 4) is 0 Å². The number of aliphatic hydroxyl groups excluding tert-OH is 1. The van der Waals surface area contributed by atoms with Crippen LogP contribution in [-0.2, 0) is 18.4 Å². The van der Waals surface area contributed by atoms with Crippen molar-refractivity contribution >= 4 is 13.7 Å². The van der Waals surface area contributed by atoms with Gasteiger partial charge in [-0.05, 0) is 44.9 Å². The number of nitrogens with one attached hydrogen (secondary N) is 1. The number of hydrogen-bond donors (Lipinski definition) is 3. The minimum atomic E-state index is -4.36. The summed E-state index contributed by atoms with van der Waals surface area (Å²) in [4.78, 5) is 23.4. The number of allylic oxidation sites excluding steroid dienone is 5. The molecule has 3 unspecified atom stereocenters. The van der Waals surface area contributed by atoms with Crippen molar-refractivity contribution in [2.24, 2.45) is 0 Å². The van der Waals surface area contributed by atoms with Crippen LogP contribution >= 0.6 is 7.82 Å². The van der Waals surface area contributed by atoms with Gasteiger partial charge in [-0.2, -0.15) is 0 Å². The lowest BCUT2D eigenvalue weighted by molar-refractivity contribution is -0.870. The van der Waals surface area contributed by atoms with E-state index in [2.05, 4.69) is 43.5 Å². The number of rotatable bonds is 68. The molecule has 0 heterocycles. The number of hydrogen-bond acceptors (Lipinski definition) is 5. The normalized spacial score (nSPS) is 13.8. The molecule has 3 atom stereocenters. The topological polar surface area (TPSA) is 105 Å². The van der Waals surface area contributed by atoms with E-state index < -0.39 is 20.0 Å². The minimum Gasteiger partial charge on any atom is -0.387 e. The molecule has 0 aliphatic carbocycles. The fourth-order valence-corrected chi connectivity index (χ4v) is 11.9. The van der Waals surface area contributed by atoms with Crippen LogP contribution in [0.5, 0.6) is 0 Å². The quantitative estimate of drug-likeness (QED) is 0.0243. The molecular formula is C73H144N2O6P+. The highest BCUT2D eigenvalue weighted by atomic mass is 31.2. The van der Waals surface area contributed by atoms with Crippen molar-refractivity contribution < 1.29 is 32.9 Å². The van der Waals surface area contributed by atoms with E-state index in [1.165, 1.54) is 308 Å². The van der Waals surface area contributed by atoms with Crippen molar-refractivity contribution in [2.75, 3.05) is 40.9 Å². The number of unbranched alkanes of at least 4 members (excludes halogenated alkanes) is 51. The Morgan fingerprint density at radius 2 is 0.671 bits per heavy atom. The standard InChI is InChI=1S/C73H143N2O6P/c1-6-8-10-12-14-16-18-20-22-24-26-28-30-32-33-34-35-36-37-38-39-40-41-43-45-47-49-51-53-55-57-59-61-63-65-67-73(77)74-71(70-81-82(78,79)80-69-68-75(3,4)5)72(76)66-64-62-60-58-56-54-52-50-48-46-44-42-31-29-27-25-23-21-19-17-15-13-11-9-7-2/h48,50,56,58,64,66,71-72,76H,6-47,49,51-55,57,59-63,65,67-70H2,1-5H3,(H-,74,77,78,79)/p+1/b50-48+,58-56+,66-64+. The number of carbonyl (C=O) groups is 1. The highest BCUT2D eigenvalue weighted by Gasteiger charge is 2.28. The van der Waals surface area contributed by atoms with Crippen molar-refractivity contribution in [3.63, 3.8) is 0 Å². The average molecular weight is 1180 g/mol. The molecule has 1 amide bonds. The summed E-state index contributed by atoms with van der Waals surface area (Å²) in [6.45, 7) is 4.85. The van der Waals surface area contributed by atoms with E-state index in [0.29, 0.717) is 17.4 Å². The maximum absolute atomic E-state index is 13.1. The van der Waals surface area contributed by atoms with Crippen molar-refractivity contribution in [1.82, 2.24) is 5.32 Å². The Balaban J connectivity index is 4.03.